The van der Waals surface area contributed by atoms with E-state index in [1.54, 1.807) is 24.3 Å². The lowest BCUT2D eigenvalue weighted by molar-refractivity contribution is 0.0730. The van der Waals surface area contributed by atoms with Crippen molar-refractivity contribution in [2.75, 3.05) is 44.8 Å². The molecule has 2 aromatic carbocycles. The largest absolute Gasteiger partial charge is 0.379 e. The molecule has 0 aromatic heterocycles. The van der Waals surface area contributed by atoms with Gasteiger partial charge in [0.2, 0.25) is 10.0 Å². The molecule has 0 saturated carbocycles. The molecular formula is C23H27N3O6S. The molecule has 0 aliphatic carbocycles. The maximum Gasteiger partial charge on any atom is 0.255 e. The fourth-order valence-electron chi connectivity index (χ4n) is 3.81. The second-order valence-electron chi connectivity index (χ2n) is 7.89. The number of rotatable bonds is 7. The van der Waals surface area contributed by atoms with E-state index < -0.39 is 15.9 Å². The van der Waals surface area contributed by atoms with E-state index in [4.69, 9.17) is 9.47 Å². The first-order chi connectivity index (χ1) is 15.9. The minimum Gasteiger partial charge on any atom is -0.379 e. The van der Waals surface area contributed by atoms with Gasteiger partial charge in [-0.05, 0) is 49.2 Å². The number of sulfonamides is 1. The Bertz CT molecular complexity index is 1090. The maximum atomic E-state index is 12.8. The highest BCUT2D eigenvalue weighted by atomic mass is 32.2. The third kappa shape index (κ3) is 5.59. The van der Waals surface area contributed by atoms with Gasteiger partial charge in [-0.15, -0.1) is 0 Å². The summed E-state index contributed by atoms with van der Waals surface area (Å²) in [6.45, 7) is 2.45. The zero-order valence-corrected chi connectivity index (χ0v) is 19.0. The fourth-order valence-corrected chi connectivity index (χ4v) is 5.21. The van der Waals surface area contributed by atoms with Gasteiger partial charge in [0.15, 0.2) is 0 Å². The van der Waals surface area contributed by atoms with E-state index in [1.165, 1.54) is 28.6 Å². The first kappa shape index (κ1) is 23.4. The lowest BCUT2D eigenvalue weighted by Crippen LogP contribution is -2.40. The molecule has 2 heterocycles. The van der Waals surface area contributed by atoms with E-state index in [0.29, 0.717) is 50.7 Å². The summed E-state index contributed by atoms with van der Waals surface area (Å²) in [6.07, 6.45) is 1.92. The lowest BCUT2D eigenvalue weighted by atomic mass is 10.1. The molecule has 33 heavy (non-hydrogen) atoms. The van der Waals surface area contributed by atoms with Crippen LogP contribution < -0.4 is 10.6 Å². The Labute approximate surface area is 193 Å². The molecule has 2 saturated heterocycles. The van der Waals surface area contributed by atoms with Gasteiger partial charge in [0, 0.05) is 31.8 Å². The Morgan fingerprint density at radius 1 is 0.970 bits per heavy atom. The standard InChI is InChI=1S/C23H27N3O6S/c27-22(17-7-9-19(10-8-17)33(29,30)26-11-14-31-15-12-26)25-21-6-2-1-5-20(21)23(28)24-16-18-4-3-13-32-18/h1-2,5-10,18H,3-4,11-16H2,(H,24,28)(H,25,27)/t18-/m1/s1. The van der Waals surface area contributed by atoms with E-state index in [1.807, 2.05) is 0 Å². The number of carbonyl (C=O) groups excluding carboxylic acids is 2. The van der Waals surface area contributed by atoms with Crippen molar-refractivity contribution in [3.05, 3.63) is 59.7 Å². The summed E-state index contributed by atoms with van der Waals surface area (Å²) in [5.41, 5.74) is 0.998. The Balaban J connectivity index is 1.42. The molecule has 4 rings (SSSR count). The van der Waals surface area contributed by atoms with Crippen molar-refractivity contribution in [3.63, 3.8) is 0 Å². The number of nitrogens with one attached hydrogen (secondary N) is 2. The van der Waals surface area contributed by atoms with Crippen LogP contribution in [0.2, 0.25) is 0 Å². The number of morpholine rings is 1. The predicted molar refractivity (Wildman–Crippen MR) is 122 cm³/mol. The number of anilines is 1. The average molecular weight is 474 g/mol. The van der Waals surface area contributed by atoms with Crippen molar-refractivity contribution in [3.8, 4) is 0 Å². The smallest absolute Gasteiger partial charge is 0.255 e. The second kappa shape index (κ2) is 10.4. The molecule has 2 N–H and O–H groups in total. The van der Waals surface area contributed by atoms with Crippen LogP contribution in [-0.4, -0.2) is 70.1 Å². The summed E-state index contributed by atoms with van der Waals surface area (Å²) in [5, 5.41) is 5.60. The SMILES string of the molecule is O=C(Nc1ccccc1C(=O)NC[C@H]1CCCO1)c1ccc(S(=O)(=O)N2CCOCC2)cc1. The topological polar surface area (TPSA) is 114 Å². The third-order valence-electron chi connectivity index (χ3n) is 5.66. The summed E-state index contributed by atoms with van der Waals surface area (Å²) in [4.78, 5) is 25.5. The van der Waals surface area contributed by atoms with Crippen LogP contribution in [-0.2, 0) is 19.5 Å². The molecule has 2 aliphatic rings. The highest BCUT2D eigenvalue weighted by molar-refractivity contribution is 7.89. The van der Waals surface area contributed by atoms with Crippen molar-refractivity contribution >= 4 is 27.5 Å². The number of benzene rings is 2. The van der Waals surface area contributed by atoms with Crippen LogP contribution in [0.25, 0.3) is 0 Å². The Kier molecular flexibility index (Phi) is 7.39. The van der Waals surface area contributed by atoms with Gasteiger partial charge in [-0.25, -0.2) is 8.42 Å². The van der Waals surface area contributed by atoms with E-state index >= 15 is 0 Å². The van der Waals surface area contributed by atoms with E-state index in [9.17, 15) is 18.0 Å². The van der Waals surface area contributed by atoms with Crippen LogP contribution in [0.4, 0.5) is 5.69 Å². The van der Waals surface area contributed by atoms with Crippen LogP contribution in [0.1, 0.15) is 33.6 Å². The van der Waals surface area contributed by atoms with Crippen LogP contribution in [0, 0.1) is 0 Å². The minimum absolute atomic E-state index is 0.0166. The maximum absolute atomic E-state index is 12.8. The zero-order chi connectivity index (χ0) is 23.3. The van der Waals surface area contributed by atoms with Crippen LogP contribution in [0.15, 0.2) is 53.4 Å². The molecule has 9 nitrogen and oxygen atoms in total. The highest BCUT2D eigenvalue weighted by Gasteiger charge is 2.26. The number of nitrogens with zero attached hydrogens (tertiary/aromatic N) is 1. The first-order valence-electron chi connectivity index (χ1n) is 10.9. The number of ether oxygens (including phenoxy) is 2. The quantitative estimate of drug-likeness (QED) is 0.635. The van der Waals surface area contributed by atoms with Crippen LogP contribution in [0.3, 0.4) is 0 Å². The minimum atomic E-state index is -3.64. The van der Waals surface area contributed by atoms with Gasteiger partial charge in [-0.3, -0.25) is 9.59 Å². The van der Waals surface area contributed by atoms with Crippen molar-refractivity contribution < 1.29 is 27.5 Å². The Hall–Kier alpha value is -2.79. The molecule has 0 bridgehead atoms. The lowest BCUT2D eigenvalue weighted by Gasteiger charge is -2.26. The van der Waals surface area contributed by atoms with Gasteiger partial charge in [0.1, 0.15) is 0 Å². The van der Waals surface area contributed by atoms with Gasteiger partial charge >= 0.3 is 0 Å². The summed E-state index contributed by atoms with van der Waals surface area (Å²) >= 11 is 0. The average Bonchev–Trinajstić information content (AvgIpc) is 3.37. The van der Waals surface area contributed by atoms with Crippen molar-refractivity contribution in [1.82, 2.24) is 9.62 Å². The van der Waals surface area contributed by atoms with Gasteiger partial charge in [-0.1, -0.05) is 12.1 Å². The molecular weight excluding hydrogens is 446 g/mol. The monoisotopic (exact) mass is 473 g/mol. The Morgan fingerprint density at radius 2 is 1.70 bits per heavy atom. The fraction of sp³-hybridized carbons (Fsp3) is 0.391. The van der Waals surface area contributed by atoms with Crippen LogP contribution in [0.5, 0.6) is 0 Å². The molecule has 176 valence electrons. The van der Waals surface area contributed by atoms with Gasteiger partial charge in [0.05, 0.1) is 35.5 Å². The molecule has 0 spiro atoms. The zero-order valence-electron chi connectivity index (χ0n) is 18.2. The van der Waals surface area contributed by atoms with E-state index in [2.05, 4.69) is 10.6 Å². The van der Waals surface area contributed by atoms with Crippen LogP contribution >= 0.6 is 0 Å². The normalized spacial score (nSPS) is 19.2. The summed E-state index contributed by atoms with van der Waals surface area (Å²) in [6, 6.07) is 12.5. The number of hydrogen-bond acceptors (Lipinski definition) is 6. The van der Waals surface area contributed by atoms with Crippen molar-refractivity contribution in [1.29, 1.82) is 0 Å². The number of para-hydroxylation sites is 1. The van der Waals surface area contributed by atoms with Gasteiger partial charge in [0.25, 0.3) is 11.8 Å². The number of hydrogen-bond donors (Lipinski definition) is 2. The van der Waals surface area contributed by atoms with Gasteiger partial charge < -0.3 is 20.1 Å². The van der Waals surface area contributed by atoms with Crippen molar-refractivity contribution in [2.24, 2.45) is 0 Å². The van der Waals surface area contributed by atoms with E-state index in [0.717, 1.165) is 12.8 Å². The number of amides is 2. The third-order valence-corrected chi connectivity index (χ3v) is 7.57. The molecule has 1 atom stereocenters. The summed E-state index contributed by atoms with van der Waals surface area (Å²) < 4.78 is 37.6. The second-order valence-corrected chi connectivity index (χ2v) is 9.82. The van der Waals surface area contributed by atoms with E-state index in [-0.39, 0.29) is 22.5 Å². The van der Waals surface area contributed by atoms with Crippen molar-refractivity contribution in [2.45, 2.75) is 23.8 Å². The Morgan fingerprint density at radius 3 is 2.39 bits per heavy atom. The molecule has 0 radical (unpaired) electrons. The molecule has 2 aromatic rings. The molecule has 2 fully saturated rings. The highest BCUT2D eigenvalue weighted by Crippen LogP contribution is 2.20. The molecule has 2 aliphatic heterocycles. The van der Waals surface area contributed by atoms with Gasteiger partial charge in [-0.2, -0.15) is 4.31 Å². The molecule has 2 amide bonds. The first-order valence-corrected chi connectivity index (χ1v) is 12.4. The summed E-state index contributed by atoms with van der Waals surface area (Å²) in [5.74, 6) is -0.738. The summed E-state index contributed by atoms with van der Waals surface area (Å²) in [7, 11) is -3.64. The molecule has 0 unspecified atom stereocenters. The number of carbonyl (C=O) groups is 2. The predicted octanol–water partition coefficient (Wildman–Crippen LogP) is 1.87. The molecule has 10 heteroatoms.